The standard InChI is InChI=1S/C11H21BO3S2/c1-4-10(16)17-6-5-12-7-9(13)15-11(14)8(2)3/h9-10,12-13,16H,2,4-7H2,1,3H3. The summed E-state index contributed by atoms with van der Waals surface area (Å²) in [6.45, 7) is 7.11. The summed E-state index contributed by atoms with van der Waals surface area (Å²) in [7, 11) is 0.835. The van der Waals surface area contributed by atoms with Gasteiger partial charge in [0.2, 0.25) is 0 Å². The third kappa shape index (κ3) is 9.62. The van der Waals surface area contributed by atoms with Gasteiger partial charge >= 0.3 is 5.97 Å². The zero-order chi connectivity index (χ0) is 13.3. The van der Waals surface area contributed by atoms with Gasteiger partial charge in [0.15, 0.2) is 6.29 Å². The van der Waals surface area contributed by atoms with E-state index in [9.17, 15) is 9.90 Å². The van der Waals surface area contributed by atoms with Gasteiger partial charge in [0, 0.05) is 10.2 Å². The smallest absolute Gasteiger partial charge is 0.335 e. The first-order chi connectivity index (χ1) is 7.97. The molecule has 0 aromatic carbocycles. The lowest BCUT2D eigenvalue weighted by Gasteiger charge is -2.11. The first-order valence-electron chi connectivity index (χ1n) is 5.81. The monoisotopic (exact) mass is 276 g/mol. The molecule has 0 aliphatic rings. The Morgan fingerprint density at radius 1 is 1.65 bits per heavy atom. The Hall–Kier alpha value is -0.0651. The zero-order valence-electron chi connectivity index (χ0n) is 10.5. The van der Waals surface area contributed by atoms with Crippen molar-refractivity contribution in [2.24, 2.45) is 0 Å². The van der Waals surface area contributed by atoms with E-state index in [1.54, 1.807) is 6.92 Å². The van der Waals surface area contributed by atoms with Crippen LogP contribution in [0.4, 0.5) is 0 Å². The Morgan fingerprint density at radius 2 is 2.29 bits per heavy atom. The van der Waals surface area contributed by atoms with Crippen LogP contribution in [-0.2, 0) is 9.53 Å². The van der Waals surface area contributed by atoms with Gasteiger partial charge in [-0.25, -0.2) is 4.79 Å². The molecule has 0 bridgehead atoms. The van der Waals surface area contributed by atoms with E-state index in [2.05, 4.69) is 26.1 Å². The molecule has 98 valence electrons. The largest absolute Gasteiger partial charge is 0.433 e. The van der Waals surface area contributed by atoms with Gasteiger partial charge < -0.3 is 9.84 Å². The highest BCUT2D eigenvalue weighted by atomic mass is 32.2. The van der Waals surface area contributed by atoms with Gasteiger partial charge in [-0.05, 0) is 25.4 Å². The molecule has 3 nitrogen and oxygen atoms in total. The SMILES string of the molecule is C=C(C)C(=O)OC(O)CBCCSC(S)CC. The second-order valence-corrected chi connectivity index (χ2v) is 6.15. The highest BCUT2D eigenvalue weighted by Gasteiger charge is 2.11. The Bertz CT molecular complexity index is 249. The lowest BCUT2D eigenvalue weighted by atomic mass is 9.71. The van der Waals surface area contributed by atoms with Crippen LogP contribution >= 0.6 is 24.4 Å². The minimum Gasteiger partial charge on any atom is -0.433 e. The molecule has 2 atom stereocenters. The molecule has 0 spiro atoms. The van der Waals surface area contributed by atoms with Crippen molar-refractivity contribution in [1.29, 1.82) is 0 Å². The van der Waals surface area contributed by atoms with Crippen LogP contribution in [0.1, 0.15) is 20.3 Å². The molecular weight excluding hydrogens is 255 g/mol. The fourth-order valence-electron chi connectivity index (χ4n) is 1.04. The number of aliphatic hydroxyl groups excluding tert-OH is 1. The first-order valence-corrected chi connectivity index (χ1v) is 7.38. The number of rotatable bonds is 9. The highest BCUT2D eigenvalue weighted by molar-refractivity contribution is 8.10. The molecule has 6 heteroatoms. The summed E-state index contributed by atoms with van der Waals surface area (Å²) in [5.74, 6) is 0.483. The Labute approximate surface area is 114 Å². The van der Waals surface area contributed by atoms with E-state index in [1.165, 1.54) is 0 Å². The summed E-state index contributed by atoms with van der Waals surface area (Å²) < 4.78 is 5.15. The Balaban J connectivity index is 3.48. The molecule has 0 aromatic rings. The van der Waals surface area contributed by atoms with Crippen molar-refractivity contribution in [3.8, 4) is 0 Å². The van der Waals surface area contributed by atoms with Crippen LogP contribution in [0.5, 0.6) is 0 Å². The molecule has 0 heterocycles. The lowest BCUT2D eigenvalue weighted by Crippen LogP contribution is -2.19. The third-order valence-electron chi connectivity index (χ3n) is 2.10. The molecular formula is C11H21BO3S2. The topological polar surface area (TPSA) is 46.5 Å². The molecule has 0 fully saturated rings. The van der Waals surface area contributed by atoms with E-state index in [-0.39, 0.29) is 0 Å². The predicted octanol–water partition coefficient (Wildman–Crippen LogP) is 2.10. The quantitative estimate of drug-likeness (QED) is 0.169. The van der Waals surface area contributed by atoms with Crippen molar-refractivity contribution in [1.82, 2.24) is 0 Å². The number of carbonyl (C=O) groups excluding carboxylic acids is 1. The molecule has 1 N–H and O–H groups in total. The number of thiol groups is 1. The van der Waals surface area contributed by atoms with Crippen LogP contribution in [0, 0.1) is 0 Å². The van der Waals surface area contributed by atoms with E-state index in [0.717, 1.165) is 25.8 Å². The van der Waals surface area contributed by atoms with Crippen molar-refractivity contribution < 1.29 is 14.6 Å². The summed E-state index contributed by atoms with van der Waals surface area (Å²) >= 11 is 6.18. The van der Waals surface area contributed by atoms with Crippen molar-refractivity contribution in [3.63, 3.8) is 0 Å². The van der Waals surface area contributed by atoms with Crippen molar-refractivity contribution in [3.05, 3.63) is 12.2 Å². The van der Waals surface area contributed by atoms with Gasteiger partial charge in [-0.3, -0.25) is 0 Å². The van der Waals surface area contributed by atoms with E-state index >= 15 is 0 Å². The molecule has 0 aromatic heterocycles. The van der Waals surface area contributed by atoms with Gasteiger partial charge in [0.25, 0.3) is 0 Å². The van der Waals surface area contributed by atoms with Crippen LogP contribution in [0.2, 0.25) is 12.6 Å². The average molecular weight is 276 g/mol. The summed E-state index contributed by atoms with van der Waals surface area (Å²) in [6, 6.07) is 0. The van der Waals surface area contributed by atoms with Gasteiger partial charge in [0.1, 0.15) is 7.28 Å². The number of esters is 1. The fourth-order valence-corrected chi connectivity index (χ4v) is 2.24. The number of carbonyl (C=O) groups is 1. The second-order valence-electron chi connectivity index (χ2n) is 3.87. The molecule has 0 saturated carbocycles. The van der Waals surface area contributed by atoms with Crippen LogP contribution in [-0.4, -0.2) is 35.0 Å². The number of hydrogen-bond donors (Lipinski definition) is 2. The molecule has 2 unspecified atom stereocenters. The van der Waals surface area contributed by atoms with E-state index < -0.39 is 12.3 Å². The lowest BCUT2D eigenvalue weighted by molar-refractivity contribution is -0.159. The van der Waals surface area contributed by atoms with Crippen molar-refractivity contribution in [2.45, 2.75) is 43.8 Å². The van der Waals surface area contributed by atoms with Gasteiger partial charge in [0.05, 0.1) is 0 Å². The maximum absolute atomic E-state index is 11.1. The second kappa shape index (κ2) is 9.91. The number of aliphatic hydroxyl groups is 1. The Kier molecular flexibility index (Phi) is 9.88. The van der Waals surface area contributed by atoms with Crippen molar-refractivity contribution in [2.75, 3.05) is 5.75 Å². The summed E-state index contributed by atoms with van der Waals surface area (Å²) in [5, 5.41) is 9.42. The number of thioether (sulfide) groups is 1. The maximum Gasteiger partial charge on any atom is 0.335 e. The Morgan fingerprint density at radius 3 is 2.82 bits per heavy atom. The van der Waals surface area contributed by atoms with Gasteiger partial charge in [-0.15, -0.1) is 11.8 Å². The normalized spacial score (nSPS) is 13.9. The third-order valence-corrected chi connectivity index (χ3v) is 4.15. The number of ether oxygens (including phenoxy) is 1. The van der Waals surface area contributed by atoms with E-state index in [1.807, 2.05) is 11.8 Å². The summed E-state index contributed by atoms with van der Waals surface area (Å²) in [4.78, 5) is 11.1. The average Bonchev–Trinajstić information content (AvgIpc) is 2.27. The fraction of sp³-hybridized carbons (Fsp3) is 0.727. The molecule has 0 rings (SSSR count). The van der Waals surface area contributed by atoms with Crippen molar-refractivity contribution >= 4 is 37.6 Å². The highest BCUT2D eigenvalue weighted by Crippen LogP contribution is 2.18. The molecule has 0 saturated heterocycles. The van der Waals surface area contributed by atoms with E-state index in [0.29, 0.717) is 16.5 Å². The van der Waals surface area contributed by atoms with Crippen LogP contribution in [0.25, 0.3) is 0 Å². The molecule has 0 radical (unpaired) electrons. The predicted molar refractivity (Wildman–Crippen MR) is 79.2 cm³/mol. The minimum absolute atomic E-state index is 0.306. The first kappa shape index (κ1) is 16.9. The molecule has 0 aliphatic heterocycles. The summed E-state index contributed by atoms with van der Waals surface area (Å²) in [5.41, 5.74) is 0.306. The zero-order valence-corrected chi connectivity index (χ0v) is 12.2. The van der Waals surface area contributed by atoms with Gasteiger partial charge in [-0.2, -0.15) is 12.6 Å². The molecule has 17 heavy (non-hydrogen) atoms. The molecule has 0 amide bonds. The molecule has 0 aliphatic carbocycles. The van der Waals surface area contributed by atoms with E-state index in [4.69, 9.17) is 4.74 Å². The van der Waals surface area contributed by atoms with Gasteiger partial charge in [-0.1, -0.05) is 19.8 Å². The number of hydrogen-bond acceptors (Lipinski definition) is 5. The van der Waals surface area contributed by atoms with Crippen LogP contribution in [0.15, 0.2) is 12.2 Å². The van der Waals surface area contributed by atoms with Crippen LogP contribution in [0.3, 0.4) is 0 Å². The summed E-state index contributed by atoms with van der Waals surface area (Å²) in [6.07, 6.45) is 1.50. The van der Waals surface area contributed by atoms with Crippen LogP contribution < -0.4 is 0 Å². The minimum atomic E-state index is -1.01. The maximum atomic E-state index is 11.1.